The van der Waals surface area contributed by atoms with Crippen LogP contribution in [0.25, 0.3) is 0 Å². The van der Waals surface area contributed by atoms with Gasteiger partial charge in [0.25, 0.3) is 0 Å². The van der Waals surface area contributed by atoms with Gasteiger partial charge in [-0.15, -0.1) is 0 Å². The van der Waals surface area contributed by atoms with Gasteiger partial charge in [-0.25, -0.2) is 0 Å². The van der Waals surface area contributed by atoms with Crippen LogP contribution in [0.4, 0.5) is 0 Å². The highest BCUT2D eigenvalue weighted by atomic mass is 15.2. The van der Waals surface area contributed by atoms with Crippen LogP contribution in [0.15, 0.2) is 10.2 Å². The van der Waals surface area contributed by atoms with Gasteiger partial charge in [0.2, 0.25) is 0 Å². The number of hydrogen-bond donors (Lipinski definition) is 1. The zero-order valence-electron chi connectivity index (χ0n) is 10.7. The molecule has 3 heteroatoms. The SMILES string of the molecule is CC(C)(C)C1=NN=C(C2CCC(N)CC2)C1. The molecule has 2 rings (SSSR count). The molecule has 0 aromatic carbocycles. The van der Waals surface area contributed by atoms with Gasteiger partial charge in [0.05, 0.1) is 5.71 Å². The minimum absolute atomic E-state index is 0.163. The molecule has 0 bridgehead atoms. The van der Waals surface area contributed by atoms with Crippen molar-refractivity contribution in [2.75, 3.05) is 0 Å². The quantitative estimate of drug-likeness (QED) is 0.727. The van der Waals surface area contributed by atoms with Gasteiger partial charge in [-0.2, -0.15) is 10.2 Å². The molecule has 1 aliphatic carbocycles. The maximum Gasteiger partial charge on any atom is 0.0516 e. The second kappa shape index (κ2) is 4.28. The molecular weight excluding hydrogens is 198 g/mol. The minimum Gasteiger partial charge on any atom is -0.328 e. The van der Waals surface area contributed by atoms with Gasteiger partial charge in [0, 0.05) is 23.6 Å². The van der Waals surface area contributed by atoms with Crippen LogP contribution in [0.5, 0.6) is 0 Å². The first-order valence-corrected chi connectivity index (χ1v) is 6.36. The highest BCUT2D eigenvalue weighted by molar-refractivity contribution is 6.10. The zero-order valence-corrected chi connectivity index (χ0v) is 10.7. The molecule has 3 nitrogen and oxygen atoms in total. The Kier molecular flexibility index (Phi) is 3.15. The highest BCUT2D eigenvalue weighted by Crippen LogP contribution is 2.30. The van der Waals surface area contributed by atoms with E-state index in [1.54, 1.807) is 0 Å². The Hall–Kier alpha value is -0.700. The highest BCUT2D eigenvalue weighted by Gasteiger charge is 2.30. The molecule has 2 aliphatic rings. The van der Waals surface area contributed by atoms with Crippen LogP contribution in [-0.2, 0) is 0 Å². The zero-order chi connectivity index (χ0) is 11.8. The molecule has 1 saturated carbocycles. The van der Waals surface area contributed by atoms with E-state index in [2.05, 4.69) is 31.0 Å². The van der Waals surface area contributed by atoms with Crippen LogP contribution in [0, 0.1) is 11.3 Å². The summed E-state index contributed by atoms with van der Waals surface area (Å²) in [6, 6.07) is 0.418. The molecule has 2 N–H and O–H groups in total. The largest absolute Gasteiger partial charge is 0.328 e. The Morgan fingerprint density at radius 2 is 1.69 bits per heavy atom. The Balaban J connectivity index is 1.91. The van der Waals surface area contributed by atoms with Crippen molar-refractivity contribution in [2.45, 2.75) is 58.9 Å². The van der Waals surface area contributed by atoms with Crippen molar-refractivity contribution >= 4 is 11.4 Å². The average Bonchev–Trinajstić information content (AvgIpc) is 2.67. The monoisotopic (exact) mass is 221 g/mol. The molecule has 90 valence electrons. The van der Waals surface area contributed by atoms with Crippen molar-refractivity contribution in [2.24, 2.45) is 27.3 Å². The fourth-order valence-corrected chi connectivity index (χ4v) is 2.46. The summed E-state index contributed by atoms with van der Waals surface area (Å²) in [5.41, 5.74) is 8.62. The minimum atomic E-state index is 0.163. The maximum atomic E-state index is 5.92. The van der Waals surface area contributed by atoms with E-state index in [0.29, 0.717) is 12.0 Å². The third-order valence-corrected chi connectivity index (χ3v) is 3.76. The summed E-state index contributed by atoms with van der Waals surface area (Å²) in [5, 5.41) is 8.75. The van der Waals surface area contributed by atoms with Gasteiger partial charge >= 0.3 is 0 Å². The molecule has 16 heavy (non-hydrogen) atoms. The first kappa shape index (κ1) is 11.8. The summed E-state index contributed by atoms with van der Waals surface area (Å²) in [7, 11) is 0. The molecule has 1 fully saturated rings. The number of rotatable bonds is 1. The van der Waals surface area contributed by atoms with Crippen LogP contribution in [0.3, 0.4) is 0 Å². The first-order chi connectivity index (χ1) is 7.47. The normalized spacial score (nSPS) is 31.2. The topological polar surface area (TPSA) is 50.7 Å². The number of nitrogens with two attached hydrogens (primary N) is 1. The van der Waals surface area contributed by atoms with E-state index in [-0.39, 0.29) is 5.41 Å². The van der Waals surface area contributed by atoms with Crippen molar-refractivity contribution in [1.29, 1.82) is 0 Å². The Morgan fingerprint density at radius 3 is 2.19 bits per heavy atom. The summed E-state index contributed by atoms with van der Waals surface area (Å²) in [6.45, 7) is 6.63. The lowest BCUT2D eigenvalue weighted by molar-refractivity contribution is 0.390. The molecule has 0 atom stereocenters. The molecule has 0 amide bonds. The standard InChI is InChI=1S/C13H23N3/c1-13(2,3)12-8-11(15-16-12)9-4-6-10(14)7-5-9/h9-10H,4-8,14H2,1-3H3. The first-order valence-electron chi connectivity index (χ1n) is 6.36. The van der Waals surface area contributed by atoms with Crippen molar-refractivity contribution in [1.82, 2.24) is 0 Å². The fourth-order valence-electron chi connectivity index (χ4n) is 2.46. The van der Waals surface area contributed by atoms with E-state index >= 15 is 0 Å². The second-order valence-corrected chi connectivity index (χ2v) is 6.18. The summed E-state index contributed by atoms with van der Waals surface area (Å²) < 4.78 is 0. The lowest BCUT2D eigenvalue weighted by atomic mass is 9.79. The lowest BCUT2D eigenvalue weighted by Gasteiger charge is -2.26. The van der Waals surface area contributed by atoms with Crippen LogP contribution >= 0.6 is 0 Å². The van der Waals surface area contributed by atoms with Gasteiger partial charge in [-0.3, -0.25) is 0 Å². The molecule has 0 spiro atoms. The van der Waals surface area contributed by atoms with E-state index in [1.807, 2.05) is 0 Å². The Morgan fingerprint density at radius 1 is 1.06 bits per heavy atom. The van der Waals surface area contributed by atoms with Crippen LogP contribution in [0.2, 0.25) is 0 Å². The van der Waals surface area contributed by atoms with E-state index in [4.69, 9.17) is 5.73 Å². The fraction of sp³-hybridized carbons (Fsp3) is 0.846. The summed E-state index contributed by atoms with van der Waals surface area (Å²) in [5.74, 6) is 0.642. The molecule has 0 aromatic heterocycles. The molecule has 0 aromatic rings. The summed E-state index contributed by atoms with van der Waals surface area (Å²) >= 11 is 0. The van der Waals surface area contributed by atoms with Crippen LogP contribution < -0.4 is 5.73 Å². The van der Waals surface area contributed by atoms with E-state index in [9.17, 15) is 0 Å². The Bertz CT molecular complexity index is 315. The van der Waals surface area contributed by atoms with E-state index < -0.39 is 0 Å². The van der Waals surface area contributed by atoms with E-state index in [0.717, 1.165) is 19.3 Å². The predicted molar refractivity (Wildman–Crippen MR) is 68.9 cm³/mol. The summed E-state index contributed by atoms with van der Waals surface area (Å²) in [4.78, 5) is 0. The third-order valence-electron chi connectivity index (χ3n) is 3.76. The van der Waals surface area contributed by atoms with E-state index in [1.165, 1.54) is 24.3 Å². The van der Waals surface area contributed by atoms with Crippen molar-refractivity contribution in [3.8, 4) is 0 Å². The molecule has 0 saturated heterocycles. The number of hydrogen-bond acceptors (Lipinski definition) is 3. The predicted octanol–water partition coefficient (Wildman–Crippen LogP) is 2.75. The van der Waals surface area contributed by atoms with Gasteiger partial charge in [0.1, 0.15) is 0 Å². The molecule has 0 unspecified atom stereocenters. The Labute approximate surface area is 98.2 Å². The lowest BCUT2D eigenvalue weighted by Crippen LogP contribution is -2.30. The van der Waals surface area contributed by atoms with Gasteiger partial charge in [-0.05, 0) is 31.6 Å². The van der Waals surface area contributed by atoms with Crippen LogP contribution in [0.1, 0.15) is 52.9 Å². The van der Waals surface area contributed by atoms with Crippen molar-refractivity contribution < 1.29 is 0 Å². The van der Waals surface area contributed by atoms with Gasteiger partial charge < -0.3 is 5.73 Å². The number of nitrogens with zero attached hydrogens (tertiary/aromatic N) is 2. The van der Waals surface area contributed by atoms with Crippen molar-refractivity contribution in [3.63, 3.8) is 0 Å². The smallest absolute Gasteiger partial charge is 0.0516 e. The second-order valence-electron chi connectivity index (χ2n) is 6.18. The molecule has 0 radical (unpaired) electrons. The molecule has 1 aliphatic heterocycles. The van der Waals surface area contributed by atoms with Gasteiger partial charge in [0.15, 0.2) is 0 Å². The van der Waals surface area contributed by atoms with Gasteiger partial charge in [-0.1, -0.05) is 20.8 Å². The van der Waals surface area contributed by atoms with Crippen LogP contribution in [-0.4, -0.2) is 17.5 Å². The average molecular weight is 221 g/mol. The molecule has 1 heterocycles. The van der Waals surface area contributed by atoms with Crippen molar-refractivity contribution in [3.05, 3.63) is 0 Å². The molecular formula is C13H23N3. The maximum absolute atomic E-state index is 5.92. The summed E-state index contributed by atoms with van der Waals surface area (Å²) in [6.07, 6.45) is 5.69. The third kappa shape index (κ3) is 2.51.